The van der Waals surface area contributed by atoms with E-state index in [9.17, 15) is 14.0 Å². The lowest BCUT2D eigenvalue weighted by Gasteiger charge is -2.35. The topological polar surface area (TPSA) is 65.6 Å². The van der Waals surface area contributed by atoms with E-state index in [1.54, 1.807) is 37.4 Å². The van der Waals surface area contributed by atoms with Gasteiger partial charge in [-0.2, -0.15) is 0 Å². The van der Waals surface area contributed by atoms with E-state index in [0.717, 1.165) is 19.6 Å². The van der Waals surface area contributed by atoms with Crippen LogP contribution in [0.15, 0.2) is 47.4 Å². The van der Waals surface area contributed by atoms with Crippen LogP contribution >= 0.6 is 11.6 Å². The zero-order valence-electron chi connectivity index (χ0n) is 18.0. The molecule has 1 aliphatic rings. The van der Waals surface area contributed by atoms with Crippen molar-refractivity contribution in [3.8, 4) is 16.9 Å². The molecule has 8 heteroatoms. The number of ether oxygens (including phenoxy) is 1. The van der Waals surface area contributed by atoms with Crippen molar-refractivity contribution in [2.75, 3.05) is 32.7 Å². The number of rotatable bonds is 5. The van der Waals surface area contributed by atoms with Gasteiger partial charge in [0.25, 0.3) is 11.5 Å². The van der Waals surface area contributed by atoms with Crippen molar-refractivity contribution in [1.29, 1.82) is 0 Å². The number of piperazine rings is 1. The van der Waals surface area contributed by atoms with Crippen LogP contribution in [-0.4, -0.2) is 59.5 Å². The molecule has 1 N–H and O–H groups in total. The van der Waals surface area contributed by atoms with Crippen LogP contribution in [0.5, 0.6) is 5.75 Å². The predicted octanol–water partition coefficient (Wildman–Crippen LogP) is 3.92. The molecule has 1 aromatic heterocycles. The largest absolute Gasteiger partial charge is 0.481 e. The number of nitrogens with one attached hydrogen (secondary N) is 1. The van der Waals surface area contributed by atoms with E-state index in [-0.39, 0.29) is 16.5 Å². The van der Waals surface area contributed by atoms with Crippen LogP contribution in [0.1, 0.15) is 13.8 Å². The molecule has 1 saturated heterocycles. The minimum absolute atomic E-state index is 0.0680. The first-order chi connectivity index (χ1) is 15.4. The van der Waals surface area contributed by atoms with Crippen molar-refractivity contribution in [3.63, 3.8) is 0 Å². The number of hydrogen-bond donors (Lipinski definition) is 1. The van der Waals surface area contributed by atoms with Crippen molar-refractivity contribution >= 4 is 28.3 Å². The van der Waals surface area contributed by atoms with Crippen LogP contribution in [0.4, 0.5) is 4.39 Å². The normalized spacial score (nSPS) is 15.7. The Morgan fingerprint density at radius 2 is 1.88 bits per heavy atom. The smallest absolute Gasteiger partial charge is 0.263 e. The number of carbonyl (C=O) groups excluding carboxylic acids is 1. The number of carbonyl (C=O) groups is 1. The maximum Gasteiger partial charge on any atom is 0.263 e. The molecule has 1 aliphatic heterocycles. The van der Waals surface area contributed by atoms with Crippen molar-refractivity contribution in [1.82, 2.24) is 14.8 Å². The molecule has 32 heavy (non-hydrogen) atoms. The third-order valence-corrected chi connectivity index (χ3v) is 6.20. The fraction of sp³-hybridized carbons (Fsp3) is 0.333. The molecule has 168 valence electrons. The van der Waals surface area contributed by atoms with E-state index >= 15 is 0 Å². The molecule has 3 aromatic rings. The zero-order chi connectivity index (χ0) is 22.8. The predicted molar refractivity (Wildman–Crippen MR) is 124 cm³/mol. The highest BCUT2D eigenvalue weighted by molar-refractivity contribution is 6.33. The summed E-state index contributed by atoms with van der Waals surface area (Å²) in [4.78, 5) is 32.1. The number of fused-ring (bicyclic) bond motifs is 1. The van der Waals surface area contributed by atoms with Gasteiger partial charge in [0.1, 0.15) is 11.6 Å². The Hall–Kier alpha value is -2.90. The van der Waals surface area contributed by atoms with Gasteiger partial charge >= 0.3 is 0 Å². The molecule has 1 fully saturated rings. The molecule has 2 heterocycles. The second-order valence-electron chi connectivity index (χ2n) is 7.88. The number of H-pyrrole nitrogens is 1. The number of likely N-dealkylation sites (N-methyl/N-ethyl adjacent to an activating group) is 1. The third-order valence-electron chi connectivity index (χ3n) is 5.89. The quantitative estimate of drug-likeness (QED) is 0.630. The number of pyridine rings is 1. The molecule has 0 unspecified atom stereocenters. The van der Waals surface area contributed by atoms with Gasteiger partial charge in [-0.05, 0) is 55.3 Å². The van der Waals surface area contributed by atoms with Crippen molar-refractivity contribution in [2.24, 2.45) is 0 Å². The standard InChI is InChI=1S/C24H25ClFN3O3/c1-3-28-8-10-29(11-9-28)24(31)15(2)32-17-5-7-18-20(13-17)23(30)27-14-21(18)19-6-4-16(26)12-22(19)25/h4-7,12-15H,3,8-11H2,1-2H3,(H,27,30)/t15-/m1/s1. The number of amides is 1. The Labute approximate surface area is 190 Å². The third kappa shape index (κ3) is 4.49. The lowest BCUT2D eigenvalue weighted by molar-refractivity contribution is -0.139. The van der Waals surface area contributed by atoms with Gasteiger partial charge < -0.3 is 19.5 Å². The molecule has 0 saturated carbocycles. The Bertz CT molecular complexity index is 1200. The van der Waals surface area contributed by atoms with Crippen LogP contribution in [-0.2, 0) is 4.79 Å². The molecular weight excluding hydrogens is 433 g/mol. The highest BCUT2D eigenvalue weighted by Gasteiger charge is 2.25. The maximum absolute atomic E-state index is 13.5. The Morgan fingerprint density at radius 1 is 1.12 bits per heavy atom. The van der Waals surface area contributed by atoms with Gasteiger partial charge in [0.15, 0.2) is 6.10 Å². The SMILES string of the molecule is CCN1CCN(C(=O)[C@@H](C)Oc2ccc3c(-c4ccc(F)cc4Cl)c[nH]c(=O)c3c2)CC1. The van der Waals surface area contributed by atoms with Crippen LogP contribution in [0.3, 0.4) is 0 Å². The van der Waals surface area contributed by atoms with Crippen LogP contribution in [0.25, 0.3) is 21.9 Å². The summed E-state index contributed by atoms with van der Waals surface area (Å²) in [5.74, 6) is -0.0714. The number of halogens is 2. The first-order valence-electron chi connectivity index (χ1n) is 10.7. The van der Waals surface area contributed by atoms with Crippen LogP contribution < -0.4 is 10.3 Å². The second kappa shape index (κ2) is 9.30. The lowest BCUT2D eigenvalue weighted by Crippen LogP contribution is -2.51. The Balaban J connectivity index is 1.58. The number of aromatic amines is 1. The van der Waals surface area contributed by atoms with Gasteiger partial charge in [0, 0.05) is 43.5 Å². The van der Waals surface area contributed by atoms with Gasteiger partial charge in [-0.25, -0.2) is 4.39 Å². The number of hydrogen-bond acceptors (Lipinski definition) is 4. The van der Waals surface area contributed by atoms with E-state index < -0.39 is 11.9 Å². The van der Waals surface area contributed by atoms with Crippen molar-refractivity contribution < 1.29 is 13.9 Å². The zero-order valence-corrected chi connectivity index (χ0v) is 18.8. The van der Waals surface area contributed by atoms with Gasteiger partial charge in [-0.15, -0.1) is 0 Å². The fourth-order valence-corrected chi connectivity index (χ4v) is 4.31. The highest BCUT2D eigenvalue weighted by atomic mass is 35.5. The van der Waals surface area contributed by atoms with Gasteiger partial charge in [-0.3, -0.25) is 9.59 Å². The average Bonchev–Trinajstić information content (AvgIpc) is 2.80. The lowest BCUT2D eigenvalue weighted by atomic mass is 10.0. The summed E-state index contributed by atoms with van der Waals surface area (Å²) in [5.41, 5.74) is 0.994. The molecule has 0 aliphatic carbocycles. The van der Waals surface area contributed by atoms with E-state index in [4.69, 9.17) is 16.3 Å². The van der Waals surface area contributed by atoms with Crippen molar-refractivity contribution in [3.05, 3.63) is 63.8 Å². The van der Waals surface area contributed by atoms with Gasteiger partial charge in [0.2, 0.25) is 0 Å². The summed E-state index contributed by atoms with van der Waals surface area (Å²) in [6.07, 6.45) is 0.890. The van der Waals surface area contributed by atoms with Gasteiger partial charge in [0.05, 0.1) is 10.4 Å². The molecule has 0 bridgehead atoms. The molecule has 1 atom stereocenters. The summed E-state index contributed by atoms with van der Waals surface area (Å²) in [6.45, 7) is 7.88. The molecule has 4 rings (SSSR count). The van der Waals surface area contributed by atoms with Crippen LogP contribution in [0.2, 0.25) is 5.02 Å². The number of aromatic nitrogens is 1. The first kappa shape index (κ1) is 22.3. The summed E-state index contributed by atoms with van der Waals surface area (Å²) < 4.78 is 19.4. The van der Waals surface area contributed by atoms with Crippen LogP contribution in [0, 0.1) is 5.82 Å². The summed E-state index contributed by atoms with van der Waals surface area (Å²) in [5, 5.41) is 1.31. The second-order valence-corrected chi connectivity index (χ2v) is 8.29. The average molecular weight is 458 g/mol. The van der Waals surface area contributed by atoms with E-state index in [0.29, 0.717) is 40.7 Å². The Kier molecular flexibility index (Phi) is 6.48. The van der Waals surface area contributed by atoms with E-state index in [1.807, 2.05) is 4.90 Å². The summed E-state index contributed by atoms with van der Waals surface area (Å²) >= 11 is 6.23. The van der Waals surface area contributed by atoms with E-state index in [2.05, 4.69) is 16.8 Å². The number of benzene rings is 2. The van der Waals surface area contributed by atoms with Crippen molar-refractivity contribution in [2.45, 2.75) is 20.0 Å². The highest BCUT2D eigenvalue weighted by Crippen LogP contribution is 2.33. The van der Waals surface area contributed by atoms with Gasteiger partial charge in [-0.1, -0.05) is 18.5 Å². The molecule has 0 radical (unpaired) electrons. The molecule has 2 aromatic carbocycles. The number of nitrogens with zero attached hydrogens (tertiary/aromatic N) is 2. The molecule has 0 spiro atoms. The monoisotopic (exact) mass is 457 g/mol. The van der Waals surface area contributed by atoms with E-state index in [1.165, 1.54) is 12.1 Å². The minimum Gasteiger partial charge on any atom is -0.481 e. The molecule has 6 nitrogen and oxygen atoms in total. The Morgan fingerprint density at radius 3 is 2.56 bits per heavy atom. The fourth-order valence-electron chi connectivity index (χ4n) is 4.04. The molecular formula is C24H25ClFN3O3. The minimum atomic E-state index is -0.672. The molecule has 1 amide bonds. The summed E-state index contributed by atoms with van der Waals surface area (Å²) in [7, 11) is 0. The first-order valence-corrected chi connectivity index (χ1v) is 11.0. The maximum atomic E-state index is 13.5. The summed E-state index contributed by atoms with van der Waals surface area (Å²) in [6, 6.07) is 9.23.